The van der Waals surface area contributed by atoms with E-state index in [-0.39, 0.29) is 0 Å². The fraction of sp³-hybridized carbons (Fsp3) is 0.571. The van der Waals surface area contributed by atoms with Crippen molar-refractivity contribution in [3.05, 3.63) is 35.9 Å². The maximum absolute atomic E-state index is 5.53. The molecule has 0 aromatic heterocycles. The summed E-state index contributed by atoms with van der Waals surface area (Å²) in [5.74, 6) is 0. The molecule has 0 amide bonds. The van der Waals surface area contributed by atoms with Gasteiger partial charge in [-0.05, 0) is 19.0 Å². The zero-order chi connectivity index (χ0) is 11.9. The third-order valence-corrected chi connectivity index (χ3v) is 3.28. The smallest absolute Gasteiger partial charge is 0.0593 e. The van der Waals surface area contributed by atoms with Crippen molar-refractivity contribution in [2.45, 2.75) is 12.5 Å². The van der Waals surface area contributed by atoms with Crippen molar-refractivity contribution < 1.29 is 4.74 Å². The topological polar surface area (TPSA) is 24.5 Å². The quantitative estimate of drug-likeness (QED) is 0.857. The van der Waals surface area contributed by atoms with Gasteiger partial charge in [-0.3, -0.25) is 4.90 Å². The van der Waals surface area contributed by atoms with E-state index in [1.807, 2.05) is 7.05 Å². The number of hydrogen-bond acceptors (Lipinski definition) is 3. The van der Waals surface area contributed by atoms with E-state index < -0.39 is 0 Å². The van der Waals surface area contributed by atoms with E-state index in [0.29, 0.717) is 6.04 Å². The van der Waals surface area contributed by atoms with Gasteiger partial charge in [0.25, 0.3) is 0 Å². The van der Waals surface area contributed by atoms with Crippen molar-refractivity contribution in [3.8, 4) is 0 Å². The van der Waals surface area contributed by atoms with Crippen molar-refractivity contribution in [3.63, 3.8) is 0 Å². The lowest BCUT2D eigenvalue weighted by atomic mass is 10.0. The van der Waals surface area contributed by atoms with E-state index in [1.165, 1.54) is 5.56 Å². The van der Waals surface area contributed by atoms with Crippen LogP contribution in [0.15, 0.2) is 30.3 Å². The van der Waals surface area contributed by atoms with Crippen LogP contribution in [0.25, 0.3) is 0 Å². The first kappa shape index (κ1) is 12.6. The van der Waals surface area contributed by atoms with Gasteiger partial charge in [0.05, 0.1) is 6.61 Å². The lowest BCUT2D eigenvalue weighted by Crippen LogP contribution is -2.36. The molecule has 0 spiro atoms. The predicted octanol–water partition coefficient (Wildman–Crippen LogP) is 1.67. The van der Waals surface area contributed by atoms with Gasteiger partial charge in [0.15, 0.2) is 0 Å². The second kappa shape index (κ2) is 6.74. The highest BCUT2D eigenvalue weighted by molar-refractivity contribution is 5.19. The summed E-state index contributed by atoms with van der Waals surface area (Å²) in [6.07, 6.45) is 1.13. The van der Waals surface area contributed by atoms with Gasteiger partial charge >= 0.3 is 0 Å². The zero-order valence-corrected chi connectivity index (χ0v) is 10.6. The molecule has 0 saturated carbocycles. The first-order valence-electron chi connectivity index (χ1n) is 6.43. The zero-order valence-electron chi connectivity index (χ0n) is 10.6. The Bertz CT molecular complexity index is 307. The molecule has 17 heavy (non-hydrogen) atoms. The molecule has 1 aromatic carbocycles. The molecule has 0 bridgehead atoms. The summed E-state index contributed by atoms with van der Waals surface area (Å²) in [5, 5.41) is 3.30. The number of nitrogens with one attached hydrogen (secondary N) is 1. The fourth-order valence-electron chi connectivity index (χ4n) is 2.40. The summed E-state index contributed by atoms with van der Waals surface area (Å²) in [7, 11) is 2.02. The second-order valence-electron chi connectivity index (χ2n) is 4.49. The summed E-state index contributed by atoms with van der Waals surface area (Å²) in [6, 6.07) is 11.2. The van der Waals surface area contributed by atoms with Crippen LogP contribution in [0, 0.1) is 0 Å². The van der Waals surface area contributed by atoms with Gasteiger partial charge in [-0.15, -0.1) is 0 Å². The number of rotatable bonds is 4. The average Bonchev–Trinajstić information content (AvgIpc) is 2.66. The number of hydrogen-bond donors (Lipinski definition) is 1. The first-order chi connectivity index (χ1) is 8.42. The molecule has 1 heterocycles. The van der Waals surface area contributed by atoms with Gasteiger partial charge in [-0.25, -0.2) is 0 Å². The molecule has 3 nitrogen and oxygen atoms in total. The Labute approximate surface area is 104 Å². The van der Waals surface area contributed by atoms with Crippen LogP contribution in [-0.2, 0) is 4.74 Å². The van der Waals surface area contributed by atoms with Crippen molar-refractivity contribution >= 4 is 0 Å². The molecule has 1 aliphatic rings. The van der Waals surface area contributed by atoms with Crippen LogP contribution in [0.2, 0.25) is 0 Å². The lowest BCUT2D eigenvalue weighted by Gasteiger charge is -2.30. The summed E-state index contributed by atoms with van der Waals surface area (Å²) in [4.78, 5) is 2.53. The van der Waals surface area contributed by atoms with E-state index >= 15 is 0 Å². The Morgan fingerprint density at radius 3 is 2.82 bits per heavy atom. The molecule has 1 fully saturated rings. The minimum absolute atomic E-state index is 0.461. The van der Waals surface area contributed by atoms with Crippen LogP contribution < -0.4 is 5.32 Å². The van der Waals surface area contributed by atoms with Crippen LogP contribution in [0.1, 0.15) is 18.0 Å². The molecule has 1 aliphatic heterocycles. The normalized spacial score (nSPS) is 19.8. The maximum Gasteiger partial charge on any atom is 0.0593 e. The summed E-state index contributed by atoms with van der Waals surface area (Å²) < 4.78 is 5.53. The van der Waals surface area contributed by atoms with E-state index in [1.54, 1.807) is 0 Å². The molecule has 0 aliphatic carbocycles. The summed E-state index contributed by atoms with van der Waals surface area (Å²) in [5.41, 5.74) is 1.39. The Balaban J connectivity index is 2.10. The summed E-state index contributed by atoms with van der Waals surface area (Å²) in [6.45, 7) is 4.90. The molecule has 0 radical (unpaired) electrons. The molecule has 1 saturated heterocycles. The SMILES string of the molecule is CNCC(c1ccccc1)N1CCCOCC1. The van der Waals surface area contributed by atoms with Crippen molar-refractivity contribution in [2.24, 2.45) is 0 Å². The maximum atomic E-state index is 5.53. The first-order valence-corrected chi connectivity index (χ1v) is 6.43. The molecular weight excluding hydrogens is 212 g/mol. The average molecular weight is 234 g/mol. The lowest BCUT2D eigenvalue weighted by molar-refractivity contribution is 0.131. The van der Waals surface area contributed by atoms with E-state index in [0.717, 1.165) is 39.3 Å². The molecule has 1 aromatic rings. The van der Waals surface area contributed by atoms with Gasteiger partial charge in [-0.2, -0.15) is 0 Å². The molecule has 1 N–H and O–H groups in total. The standard InChI is InChI=1S/C14H22N2O/c1-15-12-14(13-6-3-2-4-7-13)16-8-5-10-17-11-9-16/h2-4,6-7,14-15H,5,8-12H2,1H3. The molecular formula is C14H22N2O. The highest BCUT2D eigenvalue weighted by atomic mass is 16.5. The van der Waals surface area contributed by atoms with Crippen LogP contribution in [0.5, 0.6) is 0 Å². The predicted molar refractivity (Wildman–Crippen MR) is 70.1 cm³/mol. The van der Waals surface area contributed by atoms with Crippen LogP contribution in [0.4, 0.5) is 0 Å². The monoisotopic (exact) mass is 234 g/mol. The van der Waals surface area contributed by atoms with E-state index in [2.05, 4.69) is 40.5 Å². The van der Waals surface area contributed by atoms with Crippen molar-refractivity contribution in [1.29, 1.82) is 0 Å². The van der Waals surface area contributed by atoms with Gasteiger partial charge < -0.3 is 10.1 Å². The Morgan fingerprint density at radius 2 is 2.06 bits per heavy atom. The van der Waals surface area contributed by atoms with Crippen LogP contribution >= 0.6 is 0 Å². The molecule has 1 atom stereocenters. The van der Waals surface area contributed by atoms with Crippen LogP contribution in [0.3, 0.4) is 0 Å². The Hall–Kier alpha value is -0.900. The van der Waals surface area contributed by atoms with E-state index in [4.69, 9.17) is 4.74 Å². The third kappa shape index (κ3) is 3.53. The minimum atomic E-state index is 0.461. The number of nitrogens with zero attached hydrogens (tertiary/aromatic N) is 1. The van der Waals surface area contributed by atoms with Gasteiger partial charge in [0, 0.05) is 32.3 Å². The van der Waals surface area contributed by atoms with Crippen molar-refractivity contribution in [2.75, 3.05) is 39.9 Å². The van der Waals surface area contributed by atoms with Gasteiger partial charge in [0.2, 0.25) is 0 Å². The second-order valence-corrected chi connectivity index (χ2v) is 4.49. The summed E-state index contributed by atoms with van der Waals surface area (Å²) >= 11 is 0. The number of ether oxygens (including phenoxy) is 1. The Kier molecular flexibility index (Phi) is 4.98. The largest absolute Gasteiger partial charge is 0.380 e. The molecule has 1 unspecified atom stereocenters. The highest BCUT2D eigenvalue weighted by Crippen LogP contribution is 2.20. The van der Waals surface area contributed by atoms with Crippen LogP contribution in [-0.4, -0.2) is 44.8 Å². The number of likely N-dealkylation sites (N-methyl/N-ethyl adjacent to an activating group) is 1. The molecule has 2 rings (SSSR count). The van der Waals surface area contributed by atoms with Gasteiger partial charge in [0.1, 0.15) is 0 Å². The highest BCUT2D eigenvalue weighted by Gasteiger charge is 2.20. The van der Waals surface area contributed by atoms with E-state index in [9.17, 15) is 0 Å². The third-order valence-electron chi connectivity index (χ3n) is 3.28. The minimum Gasteiger partial charge on any atom is -0.380 e. The fourth-order valence-corrected chi connectivity index (χ4v) is 2.40. The molecule has 3 heteroatoms. The molecule has 94 valence electrons. The van der Waals surface area contributed by atoms with Crippen molar-refractivity contribution in [1.82, 2.24) is 10.2 Å². The Morgan fingerprint density at radius 1 is 1.24 bits per heavy atom. The van der Waals surface area contributed by atoms with Gasteiger partial charge in [-0.1, -0.05) is 30.3 Å². The number of benzene rings is 1.